The molecule has 14 N–H and O–H groups in total. The molecule has 490 valence electrons. The number of halogens is 2. The maximum Gasteiger partial charge on any atom is 0.243 e. The number of Topliss-reactive ketones (excluding diaryl/α,β-unsaturated/α-hetero) is 2. The zero-order valence-electron chi connectivity index (χ0n) is 52.0. The van der Waals surface area contributed by atoms with Gasteiger partial charge in [-0.2, -0.15) is 0 Å². The molecule has 20 nitrogen and oxygen atoms in total. The van der Waals surface area contributed by atoms with Crippen LogP contribution in [0.3, 0.4) is 0 Å². The normalized spacial score (nSPS) is 13.0. The van der Waals surface area contributed by atoms with E-state index in [2.05, 4.69) is 41.9 Å². The number of aliphatic imine (C=N–C) groups is 2. The summed E-state index contributed by atoms with van der Waals surface area (Å²) in [5, 5.41) is 17.2. The molecule has 4 aromatic rings. The number of unbranched alkanes of at least 4 members (excludes halogenated alkanes) is 13. The maximum atomic E-state index is 14.1. The van der Waals surface area contributed by atoms with E-state index in [9.17, 15) is 38.4 Å². The first-order chi connectivity index (χ1) is 43.5. The number of amides is 6. The number of carbonyl (C=O) groups excluding carboxylic acids is 8. The highest BCUT2D eigenvalue weighted by atomic mass is 35.5. The number of hydrogen-bond acceptors (Lipinski definition) is 10. The van der Waals surface area contributed by atoms with E-state index in [-0.39, 0.29) is 112 Å². The summed E-state index contributed by atoms with van der Waals surface area (Å²) in [4.78, 5) is 116. The average molecular weight is 1280 g/mol. The van der Waals surface area contributed by atoms with E-state index in [1.807, 2.05) is 121 Å². The number of rotatable bonds is 47. The van der Waals surface area contributed by atoms with Gasteiger partial charge in [0.25, 0.3) is 0 Å². The second kappa shape index (κ2) is 44.6. The standard InChI is InChI=1S/C68H96Cl2N12O8/c69-47-59(83)53(37-27-41-75-67(71)72)79-65(89)57(45-51-33-21-15-22-34-51)81-63(87)55(43-49-29-17-13-18-30-49)77-61(85)39-25-11-9-7-5-3-1-2-4-6-8-10-12-26-40-62(86)78-56(44-50-31-19-14-20-32-50)64(88)82-58(46-52-35-23-16-24-36-52)66(90)80-54(60(84)48-70)38-28-42-76-68(73)74/h13-24,29-36,53-58H,1-12,25-28,37-48H2,(H,77,85)(H,78,86)(H,79,89)(H,80,90)(H,81,87)(H,82,88)(H4,71,72,75)(H4,73,74,76)/t53-,54-,55-,56-,57-,58-/m0/s1. The highest BCUT2D eigenvalue weighted by Crippen LogP contribution is 2.16. The van der Waals surface area contributed by atoms with Crippen molar-refractivity contribution in [3.63, 3.8) is 0 Å². The zero-order chi connectivity index (χ0) is 65.1. The minimum atomic E-state index is -1.07. The quantitative estimate of drug-likeness (QED) is 0.00942. The third-order valence-electron chi connectivity index (χ3n) is 15.3. The maximum absolute atomic E-state index is 14.1. The van der Waals surface area contributed by atoms with Crippen molar-refractivity contribution in [2.75, 3.05) is 24.8 Å². The number of nitrogens with zero attached hydrogens (tertiary/aromatic N) is 2. The summed E-state index contributed by atoms with van der Waals surface area (Å²) >= 11 is 11.9. The Labute approximate surface area is 541 Å². The Kier molecular flexibility index (Phi) is 37.0. The van der Waals surface area contributed by atoms with Gasteiger partial charge in [0.15, 0.2) is 23.5 Å². The topological polar surface area (TPSA) is 338 Å². The largest absolute Gasteiger partial charge is 0.370 e. The van der Waals surface area contributed by atoms with Crippen LogP contribution in [0.2, 0.25) is 0 Å². The van der Waals surface area contributed by atoms with Crippen LogP contribution in [0.15, 0.2) is 131 Å². The zero-order valence-corrected chi connectivity index (χ0v) is 53.5. The number of alkyl halides is 2. The van der Waals surface area contributed by atoms with Gasteiger partial charge >= 0.3 is 0 Å². The fourth-order valence-electron chi connectivity index (χ4n) is 10.4. The number of guanidine groups is 2. The van der Waals surface area contributed by atoms with E-state index in [0.29, 0.717) is 25.7 Å². The predicted octanol–water partition coefficient (Wildman–Crippen LogP) is 6.83. The fourth-order valence-corrected chi connectivity index (χ4v) is 10.7. The van der Waals surface area contributed by atoms with Crippen molar-refractivity contribution in [3.8, 4) is 0 Å². The van der Waals surface area contributed by atoms with Gasteiger partial charge in [0.1, 0.15) is 24.2 Å². The van der Waals surface area contributed by atoms with Crippen LogP contribution in [0.5, 0.6) is 0 Å². The van der Waals surface area contributed by atoms with Crippen LogP contribution in [0, 0.1) is 0 Å². The molecule has 0 unspecified atom stereocenters. The number of nitrogens with two attached hydrogens (primary N) is 4. The number of carbonyl (C=O) groups is 8. The van der Waals surface area contributed by atoms with E-state index in [4.69, 9.17) is 46.1 Å². The lowest BCUT2D eigenvalue weighted by molar-refractivity contribution is -0.133. The van der Waals surface area contributed by atoms with Crippen molar-refractivity contribution in [2.24, 2.45) is 32.9 Å². The van der Waals surface area contributed by atoms with E-state index >= 15 is 0 Å². The number of hydrogen-bond donors (Lipinski definition) is 10. The third-order valence-corrected chi connectivity index (χ3v) is 15.8. The number of ketones is 2. The second-order valence-electron chi connectivity index (χ2n) is 22.8. The molecule has 6 atom stereocenters. The molecular formula is C68H96Cl2N12O8. The molecule has 0 aliphatic rings. The van der Waals surface area contributed by atoms with Crippen LogP contribution in [0.4, 0.5) is 0 Å². The van der Waals surface area contributed by atoms with Crippen LogP contribution in [-0.4, -0.2) is 120 Å². The summed E-state index contributed by atoms with van der Waals surface area (Å²) in [6.45, 7) is 0.511. The Hall–Kier alpha value is -7.84. The molecule has 22 heteroatoms. The third kappa shape index (κ3) is 32.1. The van der Waals surface area contributed by atoms with Gasteiger partial charge in [-0.1, -0.05) is 198 Å². The molecule has 0 radical (unpaired) electrons. The molecule has 0 aliphatic heterocycles. The van der Waals surface area contributed by atoms with Crippen LogP contribution >= 0.6 is 23.2 Å². The Morgan fingerprint density at radius 1 is 0.322 bits per heavy atom. The summed E-state index contributed by atoms with van der Waals surface area (Å²) in [7, 11) is 0. The lowest BCUT2D eigenvalue weighted by Crippen LogP contribution is -2.57. The second-order valence-corrected chi connectivity index (χ2v) is 23.3. The molecule has 90 heavy (non-hydrogen) atoms. The van der Waals surface area contributed by atoms with Gasteiger partial charge in [-0.25, -0.2) is 0 Å². The van der Waals surface area contributed by atoms with Gasteiger partial charge in [-0.15, -0.1) is 23.2 Å². The lowest BCUT2D eigenvalue weighted by Gasteiger charge is -2.25. The van der Waals surface area contributed by atoms with Crippen LogP contribution in [-0.2, 0) is 64.0 Å². The predicted molar refractivity (Wildman–Crippen MR) is 357 cm³/mol. The van der Waals surface area contributed by atoms with Gasteiger partial charge in [0.05, 0.1) is 23.8 Å². The van der Waals surface area contributed by atoms with Gasteiger partial charge < -0.3 is 54.8 Å². The molecule has 4 aromatic carbocycles. The molecule has 0 fully saturated rings. The Bertz CT molecular complexity index is 2640. The summed E-state index contributed by atoms with van der Waals surface area (Å²) < 4.78 is 0. The minimum absolute atomic E-state index is 0.0819. The van der Waals surface area contributed by atoms with E-state index < -0.39 is 59.9 Å². The molecule has 0 spiro atoms. The number of nitrogens with one attached hydrogen (secondary N) is 6. The molecule has 0 aliphatic carbocycles. The fraction of sp³-hybridized carbons (Fsp3) is 0.500. The molecule has 0 saturated carbocycles. The van der Waals surface area contributed by atoms with Crippen molar-refractivity contribution >= 4 is 82.1 Å². The molecule has 0 heterocycles. The first kappa shape index (κ1) is 74.6. The van der Waals surface area contributed by atoms with E-state index in [1.165, 1.54) is 0 Å². The first-order valence-electron chi connectivity index (χ1n) is 31.8. The molecule has 6 amide bonds. The Balaban J connectivity index is 1.15. The monoisotopic (exact) mass is 1280 g/mol. The molecule has 0 saturated heterocycles. The van der Waals surface area contributed by atoms with Gasteiger partial charge in [0.2, 0.25) is 35.4 Å². The van der Waals surface area contributed by atoms with E-state index in [0.717, 1.165) is 99.3 Å². The van der Waals surface area contributed by atoms with Crippen molar-refractivity contribution in [2.45, 2.75) is 190 Å². The first-order valence-corrected chi connectivity index (χ1v) is 32.9. The SMILES string of the molecule is NC(N)=NCCC[C@H](NC(=O)[C@H](Cc1ccccc1)NC(=O)[C@H](Cc1ccccc1)NC(=O)CCCCCCCCCCCCCCCCC(=O)N[C@@H](Cc1ccccc1)C(=O)N[C@@H](Cc1ccccc1)C(=O)N[C@@H](CCCN=C(N)N)C(=O)CCl)C(=O)CCl. The summed E-state index contributed by atoms with van der Waals surface area (Å²) in [5.74, 6) is -4.24. The van der Waals surface area contributed by atoms with Crippen LogP contribution in [0.1, 0.15) is 151 Å². The van der Waals surface area contributed by atoms with Gasteiger partial charge in [-0.3, -0.25) is 48.3 Å². The van der Waals surface area contributed by atoms with Crippen molar-refractivity contribution in [3.05, 3.63) is 144 Å². The van der Waals surface area contributed by atoms with Crippen LogP contribution in [0.25, 0.3) is 0 Å². The average Bonchev–Trinajstić information content (AvgIpc) is 1.87. The lowest BCUT2D eigenvalue weighted by atomic mass is 10.0. The van der Waals surface area contributed by atoms with Gasteiger partial charge in [0, 0.05) is 51.6 Å². The van der Waals surface area contributed by atoms with E-state index in [1.54, 1.807) is 0 Å². The minimum Gasteiger partial charge on any atom is -0.370 e. The molecule has 0 bridgehead atoms. The van der Waals surface area contributed by atoms with Crippen molar-refractivity contribution in [1.82, 2.24) is 31.9 Å². The molecular weight excluding hydrogens is 1180 g/mol. The van der Waals surface area contributed by atoms with Crippen LogP contribution < -0.4 is 54.8 Å². The van der Waals surface area contributed by atoms with Gasteiger partial charge in [-0.05, 0) is 60.8 Å². The summed E-state index contributed by atoms with van der Waals surface area (Å²) in [6.07, 6.45) is 16.5. The highest BCUT2D eigenvalue weighted by molar-refractivity contribution is 6.29. The molecule has 0 aromatic heterocycles. The summed E-state index contributed by atoms with van der Waals surface area (Å²) in [5.41, 5.74) is 25.1. The highest BCUT2D eigenvalue weighted by Gasteiger charge is 2.32. The van der Waals surface area contributed by atoms with Crippen molar-refractivity contribution < 1.29 is 38.4 Å². The summed E-state index contributed by atoms with van der Waals surface area (Å²) in [6, 6.07) is 31.2. The number of benzene rings is 4. The van der Waals surface area contributed by atoms with Crippen molar-refractivity contribution in [1.29, 1.82) is 0 Å². The Morgan fingerprint density at radius 2 is 0.556 bits per heavy atom. The molecule has 4 rings (SSSR count). The Morgan fingerprint density at radius 3 is 0.800 bits per heavy atom. The smallest absolute Gasteiger partial charge is 0.243 e.